The van der Waals surface area contributed by atoms with Crippen LogP contribution in [0.1, 0.15) is 36.2 Å². The first-order valence-electron chi connectivity index (χ1n) is 6.54. The summed E-state index contributed by atoms with van der Waals surface area (Å²) in [5.41, 5.74) is 9.91. The number of pyridine rings is 1. The Kier molecular flexibility index (Phi) is 4.48. The molecule has 18 heavy (non-hydrogen) atoms. The summed E-state index contributed by atoms with van der Waals surface area (Å²) >= 11 is 0. The number of aromatic nitrogens is 1. The number of aryl methyl sites for hydroxylation is 2. The molecule has 0 amide bonds. The van der Waals surface area contributed by atoms with E-state index in [9.17, 15) is 0 Å². The molecule has 0 saturated heterocycles. The molecule has 2 N–H and O–H groups in total. The highest BCUT2D eigenvalue weighted by atomic mass is 14.8. The average Bonchev–Trinajstić information content (AvgIpc) is 2.45. The van der Waals surface area contributed by atoms with Gasteiger partial charge in [0.1, 0.15) is 0 Å². The van der Waals surface area contributed by atoms with Gasteiger partial charge in [-0.15, -0.1) is 0 Å². The van der Waals surface area contributed by atoms with Gasteiger partial charge in [-0.3, -0.25) is 4.98 Å². The number of nitrogens with two attached hydrogens (primary N) is 1. The third-order valence-electron chi connectivity index (χ3n) is 3.25. The van der Waals surface area contributed by atoms with Crippen molar-refractivity contribution in [2.24, 2.45) is 5.73 Å². The van der Waals surface area contributed by atoms with Gasteiger partial charge in [-0.25, -0.2) is 0 Å². The van der Waals surface area contributed by atoms with E-state index in [4.69, 9.17) is 5.73 Å². The van der Waals surface area contributed by atoms with Crippen LogP contribution >= 0.6 is 0 Å². The summed E-state index contributed by atoms with van der Waals surface area (Å²) in [5, 5.41) is 0. The largest absolute Gasteiger partial charge is 0.323 e. The normalized spacial score (nSPS) is 12.3. The van der Waals surface area contributed by atoms with Crippen LogP contribution in [0.3, 0.4) is 0 Å². The Morgan fingerprint density at radius 1 is 1.11 bits per heavy atom. The Balaban J connectivity index is 2.01. The van der Waals surface area contributed by atoms with Crippen molar-refractivity contribution in [3.05, 3.63) is 65.5 Å². The molecule has 0 aliphatic rings. The zero-order chi connectivity index (χ0) is 12.8. The van der Waals surface area contributed by atoms with Crippen LogP contribution in [0.25, 0.3) is 0 Å². The predicted molar refractivity (Wildman–Crippen MR) is 75.3 cm³/mol. The Labute approximate surface area is 109 Å². The van der Waals surface area contributed by atoms with E-state index in [2.05, 4.69) is 42.2 Å². The number of hydrogen-bond donors (Lipinski definition) is 1. The molecule has 0 radical (unpaired) electrons. The monoisotopic (exact) mass is 240 g/mol. The lowest BCUT2D eigenvalue weighted by Gasteiger charge is -2.14. The Bertz CT molecular complexity index is 479. The van der Waals surface area contributed by atoms with Crippen molar-refractivity contribution >= 4 is 0 Å². The van der Waals surface area contributed by atoms with E-state index in [1.165, 1.54) is 11.1 Å². The van der Waals surface area contributed by atoms with Crippen molar-refractivity contribution in [2.45, 2.75) is 32.2 Å². The van der Waals surface area contributed by atoms with Gasteiger partial charge in [0.25, 0.3) is 0 Å². The SMILES string of the molecule is CCc1cccnc1C(N)CCc1ccccc1. The maximum atomic E-state index is 6.26. The van der Waals surface area contributed by atoms with Crippen molar-refractivity contribution < 1.29 is 0 Å². The highest BCUT2D eigenvalue weighted by Crippen LogP contribution is 2.18. The zero-order valence-electron chi connectivity index (χ0n) is 10.8. The van der Waals surface area contributed by atoms with Crippen LogP contribution < -0.4 is 5.73 Å². The zero-order valence-corrected chi connectivity index (χ0v) is 10.8. The van der Waals surface area contributed by atoms with Gasteiger partial charge < -0.3 is 5.73 Å². The van der Waals surface area contributed by atoms with Crippen molar-refractivity contribution in [1.82, 2.24) is 4.98 Å². The molecule has 0 fully saturated rings. The van der Waals surface area contributed by atoms with Crippen molar-refractivity contribution in [1.29, 1.82) is 0 Å². The lowest BCUT2D eigenvalue weighted by atomic mass is 9.99. The molecule has 1 unspecified atom stereocenters. The Hall–Kier alpha value is -1.67. The molecule has 1 aromatic heterocycles. The van der Waals surface area contributed by atoms with E-state index < -0.39 is 0 Å². The molecule has 1 atom stereocenters. The van der Waals surface area contributed by atoms with Crippen molar-refractivity contribution in [2.75, 3.05) is 0 Å². The molecule has 0 bridgehead atoms. The van der Waals surface area contributed by atoms with Gasteiger partial charge in [-0.2, -0.15) is 0 Å². The molecule has 0 aliphatic carbocycles. The average molecular weight is 240 g/mol. The minimum atomic E-state index is 0.0290. The standard InChI is InChI=1S/C16H20N2/c1-2-14-9-6-12-18-16(14)15(17)11-10-13-7-4-3-5-8-13/h3-9,12,15H,2,10-11,17H2,1H3. The fourth-order valence-corrected chi connectivity index (χ4v) is 2.19. The van der Waals surface area contributed by atoms with Gasteiger partial charge in [0, 0.05) is 12.2 Å². The topological polar surface area (TPSA) is 38.9 Å². The first-order chi connectivity index (χ1) is 8.81. The first kappa shape index (κ1) is 12.8. The van der Waals surface area contributed by atoms with E-state index in [1.54, 1.807) is 0 Å². The van der Waals surface area contributed by atoms with Gasteiger partial charge in [0.2, 0.25) is 0 Å². The minimum absolute atomic E-state index is 0.0290. The molecule has 0 saturated carbocycles. The maximum Gasteiger partial charge on any atom is 0.0602 e. The third-order valence-corrected chi connectivity index (χ3v) is 3.25. The summed E-state index contributed by atoms with van der Waals surface area (Å²) in [6.45, 7) is 2.14. The summed E-state index contributed by atoms with van der Waals surface area (Å²) < 4.78 is 0. The van der Waals surface area contributed by atoms with Gasteiger partial charge in [0.05, 0.1) is 5.69 Å². The minimum Gasteiger partial charge on any atom is -0.323 e. The summed E-state index contributed by atoms with van der Waals surface area (Å²) in [6.07, 6.45) is 4.76. The van der Waals surface area contributed by atoms with E-state index in [1.807, 2.05) is 18.3 Å². The van der Waals surface area contributed by atoms with Crippen LogP contribution in [0, 0.1) is 0 Å². The summed E-state index contributed by atoms with van der Waals surface area (Å²) in [5.74, 6) is 0. The number of rotatable bonds is 5. The molecule has 1 aromatic carbocycles. The molecule has 1 heterocycles. The van der Waals surface area contributed by atoms with Crippen LogP contribution in [0.2, 0.25) is 0 Å². The van der Waals surface area contributed by atoms with Gasteiger partial charge >= 0.3 is 0 Å². The van der Waals surface area contributed by atoms with Crippen molar-refractivity contribution in [3.8, 4) is 0 Å². The molecule has 2 aromatic rings. The second-order valence-electron chi connectivity index (χ2n) is 4.53. The summed E-state index contributed by atoms with van der Waals surface area (Å²) in [4.78, 5) is 4.44. The molecule has 2 heteroatoms. The second kappa shape index (κ2) is 6.31. The van der Waals surface area contributed by atoms with Gasteiger partial charge in [-0.1, -0.05) is 43.3 Å². The Morgan fingerprint density at radius 3 is 2.61 bits per heavy atom. The fraction of sp³-hybridized carbons (Fsp3) is 0.312. The first-order valence-corrected chi connectivity index (χ1v) is 6.54. The van der Waals surface area contributed by atoms with Crippen LogP contribution in [-0.4, -0.2) is 4.98 Å². The number of hydrogen-bond acceptors (Lipinski definition) is 2. The van der Waals surface area contributed by atoms with E-state index in [0.29, 0.717) is 0 Å². The number of benzene rings is 1. The highest BCUT2D eigenvalue weighted by molar-refractivity contribution is 5.23. The Morgan fingerprint density at radius 2 is 1.89 bits per heavy atom. The highest BCUT2D eigenvalue weighted by Gasteiger charge is 2.11. The molecule has 2 nitrogen and oxygen atoms in total. The number of nitrogens with zero attached hydrogens (tertiary/aromatic N) is 1. The van der Waals surface area contributed by atoms with Crippen LogP contribution in [0.4, 0.5) is 0 Å². The molecule has 0 spiro atoms. The van der Waals surface area contributed by atoms with Crippen LogP contribution in [-0.2, 0) is 12.8 Å². The van der Waals surface area contributed by atoms with E-state index in [0.717, 1.165) is 25.0 Å². The van der Waals surface area contributed by atoms with Crippen molar-refractivity contribution in [3.63, 3.8) is 0 Å². The van der Waals surface area contributed by atoms with Gasteiger partial charge in [-0.05, 0) is 36.5 Å². The molecular formula is C16H20N2. The quantitative estimate of drug-likeness (QED) is 0.871. The van der Waals surface area contributed by atoms with Gasteiger partial charge in [0.15, 0.2) is 0 Å². The van der Waals surface area contributed by atoms with Crippen LogP contribution in [0.5, 0.6) is 0 Å². The second-order valence-corrected chi connectivity index (χ2v) is 4.53. The fourth-order valence-electron chi connectivity index (χ4n) is 2.19. The summed E-state index contributed by atoms with van der Waals surface area (Å²) in [6, 6.07) is 14.6. The molecule has 94 valence electrons. The summed E-state index contributed by atoms with van der Waals surface area (Å²) in [7, 11) is 0. The maximum absolute atomic E-state index is 6.26. The molecule has 2 rings (SSSR count). The molecular weight excluding hydrogens is 220 g/mol. The molecule has 0 aliphatic heterocycles. The van der Waals surface area contributed by atoms with E-state index >= 15 is 0 Å². The third kappa shape index (κ3) is 3.17. The smallest absolute Gasteiger partial charge is 0.0602 e. The van der Waals surface area contributed by atoms with Crippen LogP contribution in [0.15, 0.2) is 48.7 Å². The lowest BCUT2D eigenvalue weighted by molar-refractivity contribution is 0.626. The predicted octanol–water partition coefficient (Wildman–Crippen LogP) is 3.28. The van der Waals surface area contributed by atoms with E-state index in [-0.39, 0.29) is 6.04 Å². The lowest BCUT2D eigenvalue weighted by Crippen LogP contribution is -2.15.